The van der Waals surface area contributed by atoms with Crippen molar-refractivity contribution in [1.29, 1.82) is 0 Å². The summed E-state index contributed by atoms with van der Waals surface area (Å²) in [5.41, 5.74) is 1.83. The van der Waals surface area contributed by atoms with Crippen LogP contribution in [0.1, 0.15) is 43.2 Å². The molecule has 150 valence electrons. The average Bonchev–Trinajstić information content (AvgIpc) is 3.19. The lowest BCUT2D eigenvalue weighted by Gasteiger charge is -2.12. The number of aromatic nitrogens is 1. The minimum absolute atomic E-state index is 0.0769. The zero-order valence-corrected chi connectivity index (χ0v) is 16.9. The number of carbonyl (C=O) groups is 1. The minimum Gasteiger partial charge on any atom is -0.474 e. The number of pyridine rings is 1. The van der Waals surface area contributed by atoms with Gasteiger partial charge >= 0.3 is 0 Å². The smallest absolute Gasteiger partial charge is 0.221 e. The molecule has 2 aromatic rings. The van der Waals surface area contributed by atoms with Gasteiger partial charge in [-0.2, -0.15) is 0 Å². The van der Waals surface area contributed by atoms with Crippen LogP contribution in [0.2, 0.25) is 0 Å². The van der Waals surface area contributed by atoms with Gasteiger partial charge in [-0.25, -0.2) is 13.4 Å². The van der Waals surface area contributed by atoms with E-state index in [0.717, 1.165) is 24.0 Å². The molecule has 1 aliphatic carbocycles. The number of ether oxygens (including phenoxy) is 1. The van der Waals surface area contributed by atoms with Crippen LogP contribution in [0.5, 0.6) is 5.88 Å². The van der Waals surface area contributed by atoms with Gasteiger partial charge in [0.05, 0.1) is 10.6 Å². The van der Waals surface area contributed by atoms with E-state index in [4.69, 9.17) is 4.74 Å². The third kappa shape index (κ3) is 5.79. The van der Waals surface area contributed by atoms with E-state index in [1.54, 1.807) is 30.5 Å². The lowest BCUT2D eigenvalue weighted by molar-refractivity contribution is -0.120. The van der Waals surface area contributed by atoms with Crippen molar-refractivity contribution in [3.8, 4) is 5.88 Å². The molecule has 3 rings (SSSR count). The summed E-state index contributed by atoms with van der Waals surface area (Å²) in [4.78, 5) is 16.6. The molecule has 1 saturated carbocycles. The van der Waals surface area contributed by atoms with Gasteiger partial charge in [0, 0.05) is 25.2 Å². The number of sulfone groups is 1. The standard InChI is InChI=1S/C21H26N2O4S/c1-16-6-9-19(10-7-16)28(25,26)13-12-20(24)22-14-17-8-11-21(23-15-17)27-18-4-2-3-5-18/h6-11,15,18H,2-5,12-14H2,1H3,(H,22,24). The number of nitrogens with zero attached hydrogens (tertiary/aromatic N) is 1. The molecule has 1 aromatic heterocycles. The van der Waals surface area contributed by atoms with E-state index in [1.807, 2.05) is 19.1 Å². The SMILES string of the molecule is Cc1ccc(S(=O)(=O)CCC(=O)NCc2ccc(OC3CCCC3)nc2)cc1. The summed E-state index contributed by atoms with van der Waals surface area (Å²) in [7, 11) is -3.46. The molecule has 1 N–H and O–H groups in total. The van der Waals surface area contributed by atoms with Gasteiger partial charge in [-0.05, 0) is 50.3 Å². The van der Waals surface area contributed by atoms with Crippen molar-refractivity contribution in [3.05, 3.63) is 53.7 Å². The molecule has 1 aliphatic rings. The second-order valence-electron chi connectivity index (χ2n) is 7.19. The predicted octanol–water partition coefficient (Wildman–Crippen LogP) is 3.19. The van der Waals surface area contributed by atoms with Gasteiger partial charge in [0.25, 0.3) is 0 Å². The molecule has 28 heavy (non-hydrogen) atoms. The number of aryl methyl sites for hydroxylation is 1. The largest absolute Gasteiger partial charge is 0.474 e. The Morgan fingerprint density at radius 2 is 1.86 bits per heavy atom. The summed E-state index contributed by atoms with van der Waals surface area (Å²) in [6.45, 7) is 2.20. The maximum atomic E-state index is 12.3. The van der Waals surface area contributed by atoms with Gasteiger partial charge in [-0.3, -0.25) is 4.79 Å². The molecule has 0 aliphatic heterocycles. The molecule has 0 spiro atoms. The molecule has 1 fully saturated rings. The molecule has 1 heterocycles. The number of benzene rings is 1. The van der Waals surface area contributed by atoms with Crippen LogP contribution >= 0.6 is 0 Å². The lowest BCUT2D eigenvalue weighted by Crippen LogP contribution is -2.25. The normalized spacial score (nSPS) is 14.8. The Balaban J connectivity index is 1.44. The molecular formula is C21H26N2O4S. The van der Waals surface area contributed by atoms with Crippen LogP contribution in [0, 0.1) is 6.92 Å². The van der Waals surface area contributed by atoms with E-state index >= 15 is 0 Å². The summed E-state index contributed by atoms with van der Waals surface area (Å²) in [6, 6.07) is 10.3. The maximum Gasteiger partial charge on any atom is 0.221 e. The van der Waals surface area contributed by atoms with Gasteiger partial charge in [-0.1, -0.05) is 23.8 Å². The monoisotopic (exact) mass is 402 g/mol. The van der Waals surface area contributed by atoms with Crippen LogP contribution in [0.15, 0.2) is 47.5 Å². The van der Waals surface area contributed by atoms with Gasteiger partial charge in [0.2, 0.25) is 11.8 Å². The average molecular weight is 403 g/mol. The summed E-state index contributed by atoms with van der Waals surface area (Å²) in [5, 5.41) is 2.74. The van der Waals surface area contributed by atoms with E-state index in [9.17, 15) is 13.2 Å². The number of nitrogens with one attached hydrogen (secondary N) is 1. The van der Waals surface area contributed by atoms with Crippen molar-refractivity contribution in [2.45, 2.75) is 56.6 Å². The van der Waals surface area contributed by atoms with Crippen molar-refractivity contribution >= 4 is 15.7 Å². The van der Waals surface area contributed by atoms with Crippen molar-refractivity contribution in [2.75, 3.05) is 5.75 Å². The summed E-state index contributed by atoms with van der Waals surface area (Å²) >= 11 is 0. The molecule has 0 unspecified atom stereocenters. The van der Waals surface area contributed by atoms with Gasteiger partial charge in [0.1, 0.15) is 6.10 Å². The number of rotatable bonds is 8. The summed E-state index contributed by atoms with van der Waals surface area (Å²) in [5.74, 6) is 0.0852. The van der Waals surface area contributed by atoms with Gasteiger partial charge < -0.3 is 10.1 Å². The van der Waals surface area contributed by atoms with E-state index < -0.39 is 9.84 Å². The Morgan fingerprint density at radius 3 is 2.50 bits per heavy atom. The predicted molar refractivity (Wildman–Crippen MR) is 107 cm³/mol. The highest BCUT2D eigenvalue weighted by Gasteiger charge is 2.17. The molecule has 1 aromatic carbocycles. The zero-order valence-electron chi connectivity index (χ0n) is 16.1. The molecule has 0 radical (unpaired) electrons. The molecule has 1 amide bonds. The topological polar surface area (TPSA) is 85.4 Å². The fraction of sp³-hybridized carbons (Fsp3) is 0.429. The van der Waals surface area contributed by atoms with Crippen LogP contribution in [-0.4, -0.2) is 31.2 Å². The van der Waals surface area contributed by atoms with Crippen molar-refractivity contribution in [3.63, 3.8) is 0 Å². The van der Waals surface area contributed by atoms with Gasteiger partial charge in [0.15, 0.2) is 9.84 Å². The third-order valence-corrected chi connectivity index (χ3v) is 6.59. The van der Waals surface area contributed by atoms with E-state index in [-0.39, 0.29) is 29.1 Å². The second kappa shape index (κ2) is 9.19. The van der Waals surface area contributed by atoms with Crippen LogP contribution in [0.25, 0.3) is 0 Å². The first-order chi connectivity index (χ1) is 13.4. The Labute approximate surface area is 166 Å². The van der Waals surface area contributed by atoms with Crippen LogP contribution in [0.3, 0.4) is 0 Å². The number of amides is 1. The van der Waals surface area contributed by atoms with Crippen molar-refractivity contribution in [2.24, 2.45) is 0 Å². The van der Waals surface area contributed by atoms with Crippen LogP contribution in [0.4, 0.5) is 0 Å². The highest BCUT2D eigenvalue weighted by atomic mass is 32.2. The van der Waals surface area contributed by atoms with Crippen LogP contribution < -0.4 is 10.1 Å². The highest BCUT2D eigenvalue weighted by Crippen LogP contribution is 2.22. The molecular weight excluding hydrogens is 376 g/mol. The molecule has 7 heteroatoms. The highest BCUT2D eigenvalue weighted by molar-refractivity contribution is 7.91. The van der Waals surface area contributed by atoms with E-state index in [1.165, 1.54) is 12.8 Å². The van der Waals surface area contributed by atoms with E-state index in [0.29, 0.717) is 12.4 Å². The Bertz CT molecular complexity index is 887. The zero-order chi connectivity index (χ0) is 20.0. The Kier molecular flexibility index (Phi) is 6.67. The van der Waals surface area contributed by atoms with Crippen LogP contribution in [-0.2, 0) is 21.2 Å². The van der Waals surface area contributed by atoms with Crippen molar-refractivity contribution in [1.82, 2.24) is 10.3 Å². The van der Waals surface area contributed by atoms with E-state index in [2.05, 4.69) is 10.3 Å². The first kappa shape index (κ1) is 20.3. The number of hydrogen-bond donors (Lipinski definition) is 1. The lowest BCUT2D eigenvalue weighted by atomic mass is 10.2. The molecule has 6 nitrogen and oxygen atoms in total. The first-order valence-electron chi connectivity index (χ1n) is 9.60. The quantitative estimate of drug-likeness (QED) is 0.733. The molecule has 0 bridgehead atoms. The Hall–Kier alpha value is -2.41. The second-order valence-corrected chi connectivity index (χ2v) is 9.30. The number of hydrogen-bond acceptors (Lipinski definition) is 5. The molecule has 0 atom stereocenters. The Morgan fingerprint density at radius 1 is 1.14 bits per heavy atom. The third-order valence-electron chi connectivity index (χ3n) is 4.85. The fourth-order valence-electron chi connectivity index (χ4n) is 3.14. The number of carbonyl (C=O) groups excluding carboxylic acids is 1. The molecule has 0 saturated heterocycles. The van der Waals surface area contributed by atoms with Crippen molar-refractivity contribution < 1.29 is 17.9 Å². The maximum absolute atomic E-state index is 12.3. The first-order valence-corrected chi connectivity index (χ1v) is 11.3. The fourth-order valence-corrected chi connectivity index (χ4v) is 4.38. The minimum atomic E-state index is -3.46. The summed E-state index contributed by atoms with van der Waals surface area (Å²) in [6.07, 6.45) is 6.41. The van der Waals surface area contributed by atoms with Gasteiger partial charge in [-0.15, -0.1) is 0 Å². The summed E-state index contributed by atoms with van der Waals surface area (Å²) < 4.78 is 30.4.